The van der Waals surface area contributed by atoms with Crippen molar-refractivity contribution in [2.75, 3.05) is 0 Å². The second-order valence-corrected chi connectivity index (χ2v) is 7.42. The van der Waals surface area contributed by atoms with Gasteiger partial charge in [-0.3, -0.25) is 14.8 Å². The highest BCUT2D eigenvalue weighted by Gasteiger charge is 2.12. The molecule has 0 bridgehead atoms. The van der Waals surface area contributed by atoms with Crippen LogP contribution in [0.15, 0.2) is 61.3 Å². The number of hydrogen-bond donors (Lipinski definition) is 2. The van der Waals surface area contributed by atoms with Crippen molar-refractivity contribution < 1.29 is 0 Å². The highest BCUT2D eigenvalue weighted by atomic mass is 15.2. The van der Waals surface area contributed by atoms with Gasteiger partial charge in [0.15, 0.2) is 0 Å². The van der Waals surface area contributed by atoms with Crippen LogP contribution >= 0.6 is 0 Å². The van der Waals surface area contributed by atoms with Crippen LogP contribution in [-0.2, 0) is 7.05 Å². The predicted molar refractivity (Wildman–Crippen MR) is 123 cm³/mol. The van der Waals surface area contributed by atoms with Crippen LogP contribution in [0.3, 0.4) is 0 Å². The van der Waals surface area contributed by atoms with Crippen LogP contribution in [-0.4, -0.2) is 34.9 Å². The van der Waals surface area contributed by atoms with Crippen LogP contribution in [0.2, 0.25) is 0 Å². The van der Waals surface area contributed by atoms with E-state index in [9.17, 15) is 0 Å². The van der Waals surface area contributed by atoms with Crippen molar-refractivity contribution in [1.29, 1.82) is 0 Å². The number of aryl methyl sites for hydroxylation is 1. The summed E-state index contributed by atoms with van der Waals surface area (Å²) in [5.74, 6) is 0. The van der Waals surface area contributed by atoms with Gasteiger partial charge in [0.05, 0.1) is 17.2 Å². The van der Waals surface area contributed by atoms with E-state index in [0.717, 1.165) is 55.3 Å². The molecule has 7 heteroatoms. The molecular formula is C24H21N7. The van der Waals surface area contributed by atoms with Gasteiger partial charge >= 0.3 is 0 Å². The van der Waals surface area contributed by atoms with Crippen LogP contribution in [0.25, 0.3) is 51.8 Å². The van der Waals surface area contributed by atoms with Crippen molar-refractivity contribution in [3.8, 4) is 22.5 Å². The maximum Gasteiger partial charge on any atom is 0.138 e. The number of nitrogens with zero attached hydrogens (tertiary/aromatic N) is 5. The van der Waals surface area contributed by atoms with Crippen LogP contribution in [0, 0.1) is 0 Å². The quantitative estimate of drug-likeness (QED) is 0.479. The Balaban J connectivity index is 1.55. The average molecular weight is 407 g/mol. The van der Waals surface area contributed by atoms with Crippen molar-refractivity contribution in [2.45, 2.75) is 6.92 Å². The summed E-state index contributed by atoms with van der Waals surface area (Å²) in [6.45, 7) is 6.30. The molecule has 0 aliphatic heterocycles. The first-order valence-electron chi connectivity index (χ1n) is 9.89. The molecule has 5 aromatic heterocycles. The van der Waals surface area contributed by atoms with Gasteiger partial charge in [0.2, 0.25) is 0 Å². The van der Waals surface area contributed by atoms with Gasteiger partial charge in [-0.2, -0.15) is 10.2 Å². The zero-order chi connectivity index (χ0) is 21.4. The highest BCUT2D eigenvalue weighted by Crippen LogP contribution is 2.29. The number of aromatic amines is 2. The summed E-state index contributed by atoms with van der Waals surface area (Å²) >= 11 is 0. The molecule has 0 radical (unpaired) electrons. The van der Waals surface area contributed by atoms with Gasteiger partial charge in [-0.25, -0.2) is 4.98 Å². The zero-order valence-corrected chi connectivity index (χ0v) is 17.3. The third-order valence-electron chi connectivity index (χ3n) is 5.34. The number of rotatable bonds is 4. The minimum absolute atomic E-state index is 0.775. The van der Waals surface area contributed by atoms with E-state index in [-0.39, 0.29) is 0 Å². The monoisotopic (exact) mass is 407 g/mol. The van der Waals surface area contributed by atoms with Crippen molar-refractivity contribution >= 4 is 29.3 Å². The Morgan fingerprint density at radius 1 is 1.16 bits per heavy atom. The van der Waals surface area contributed by atoms with Gasteiger partial charge < -0.3 is 4.98 Å². The Kier molecular flexibility index (Phi) is 4.55. The lowest BCUT2D eigenvalue weighted by Crippen LogP contribution is -2.21. The van der Waals surface area contributed by atoms with Gasteiger partial charge in [-0.1, -0.05) is 12.7 Å². The van der Waals surface area contributed by atoms with Gasteiger partial charge in [-0.05, 0) is 54.0 Å². The Labute approximate surface area is 178 Å². The zero-order valence-electron chi connectivity index (χ0n) is 17.3. The lowest BCUT2D eigenvalue weighted by atomic mass is 10.1. The molecule has 0 saturated heterocycles. The van der Waals surface area contributed by atoms with E-state index in [0.29, 0.717) is 0 Å². The third-order valence-corrected chi connectivity index (χ3v) is 5.34. The molecule has 0 amide bonds. The summed E-state index contributed by atoms with van der Waals surface area (Å²) in [7, 11) is 1.91. The number of H-pyrrole nitrogens is 2. The molecule has 0 atom stereocenters. The highest BCUT2D eigenvalue weighted by molar-refractivity contribution is 5.95. The maximum absolute atomic E-state index is 4.50. The van der Waals surface area contributed by atoms with Crippen molar-refractivity contribution in [3.63, 3.8) is 0 Å². The Morgan fingerprint density at radius 2 is 2.00 bits per heavy atom. The molecule has 7 nitrogen and oxygen atoms in total. The lowest BCUT2D eigenvalue weighted by molar-refractivity contribution is 0.767. The molecule has 0 fully saturated rings. The minimum atomic E-state index is 0.775. The minimum Gasteiger partial charge on any atom is -0.338 e. The van der Waals surface area contributed by atoms with E-state index in [1.165, 1.54) is 0 Å². The maximum atomic E-state index is 4.50. The molecule has 0 unspecified atom stereocenters. The van der Waals surface area contributed by atoms with Crippen LogP contribution < -0.4 is 10.6 Å². The first-order chi connectivity index (χ1) is 15.1. The molecule has 31 heavy (non-hydrogen) atoms. The van der Waals surface area contributed by atoms with Gasteiger partial charge in [0.1, 0.15) is 11.3 Å². The van der Waals surface area contributed by atoms with E-state index < -0.39 is 0 Å². The number of pyridine rings is 2. The number of nitrogens with one attached hydrogen (secondary N) is 2. The Morgan fingerprint density at radius 3 is 2.77 bits per heavy atom. The van der Waals surface area contributed by atoms with Gasteiger partial charge in [-0.15, -0.1) is 0 Å². The molecule has 0 saturated carbocycles. The van der Waals surface area contributed by atoms with E-state index in [2.05, 4.69) is 49.8 Å². The predicted octanol–water partition coefficient (Wildman–Crippen LogP) is 3.04. The molecule has 2 N–H and O–H groups in total. The molecular weight excluding hydrogens is 386 g/mol. The molecule has 5 aromatic rings. The topological polar surface area (TPSA) is 88.1 Å². The third kappa shape index (κ3) is 3.46. The molecule has 0 aromatic carbocycles. The van der Waals surface area contributed by atoms with Gasteiger partial charge in [0, 0.05) is 48.0 Å². The SMILES string of the molecule is C=c1c(-c2cc3c(-c4ccncc4)ccnc3[nH]2)n[nH]/c1=C/C=C(\C)c1cnn(C)c1. The van der Waals surface area contributed by atoms with E-state index in [1.54, 1.807) is 23.3 Å². The van der Waals surface area contributed by atoms with Crippen LogP contribution in [0.5, 0.6) is 0 Å². The largest absolute Gasteiger partial charge is 0.338 e. The number of hydrogen-bond acceptors (Lipinski definition) is 4. The summed E-state index contributed by atoms with van der Waals surface area (Å²) in [5.41, 5.74) is 6.84. The number of allylic oxidation sites excluding steroid dienone is 2. The molecule has 152 valence electrons. The van der Waals surface area contributed by atoms with Crippen molar-refractivity contribution in [1.82, 2.24) is 34.9 Å². The standard InChI is InChI=1S/C24H21N7/c1-15(18-13-27-31(3)14-18)4-5-21-16(2)23(30-29-21)22-12-20-19(8-11-26-24(20)28-22)17-6-9-25-10-7-17/h4-14,29H,2H2,1,3H3,(H,26,28)/b15-4+,21-5+. The van der Waals surface area contributed by atoms with E-state index in [4.69, 9.17) is 0 Å². The first kappa shape index (κ1) is 18.7. The van der Waals surface area contributed by atoms with E-state index in [1.807, 2.05) is 49.8 Å². The molecule has 0 aliphatic rings. The summed E-state index contributed by atoms with van der Waals surface area (Å²) in [4.78, 5) is 12.0. The molecule has 0 spiro atoms. The molecule has 5 heterocycles. The Bertz CT molecular complexity index is 1520. The first-order valence-corrected chi connectivity index (χ1v) is 9.89. The Hall–Kier alpha value is -4.26. The fourth-order valence-corrected chi connectivity index (χ4v) is 3.61. The van der Waals surface area contributed by atoms with Crippen molar-refractivity contribution in [2.24, 2.45) is 7.05 Å². The second-order valence-electron chi connectivity index (χ2n) is 7.42. The van der Waals surface area contributed by atoms with Crippen molar-refractivity contribution in [3.05, 3.63) is 77.5 Å². The number of fused-ring (bicyclic) bond motifs is 1. The van der Waals surface area contributed by atoms with Crippen LogP contribution in [0.1, 0.15) is 12.5 Å². The summed E-state index contributed by atoms with van der Waals surface area (Å²) in [6, 6.07) is 8.07. The van der Waals surface area contributed by atoms with Gasteiger partial charge in [0.25, 0.3) is 0 Å². The molecule has 0 aliphatic carbocycles. The smallest absolute Gasteiger partial charge is 0.138 e. The average Bonchev–Trinajstić information content (AvgIpc) is 3.50. The normalized spacial score (nSPS) is 12.7. The number of aromatic nitrogens is 7. The molecule has 5 rings (SSSR count). The fourth-order valence-electron chi connectivity index (χ4n) is 3.61. The van der Waals surface area contributed by atoms with Crippen LogP contribution in [0.4, 0.5) is 0 Å². The second kappa shape index (κ2) is 7.53. The fraction of sp³-hybridized carbons (Fsp3) is 0.0833. The van der Waals surface area contributed by atoms with E-state index >= 15 is 0 Å². The summed E-state index contributed by atoms with van der Waals surface area (Å²) in [5, 5.41) is 14.5. The lowest BCUT2D eigenvalue weighted by Gasteiger charge is -2.01. The summed E-state index contributed by atoms with van der Waals surface area (Å²) < 4.78 is 1.79. The summed E-state index contributed by atoms with van der Waals surface area (Å²) in [6.07, 6.45) is 13.3.